The molecule has 0 amide bonds. The second kappa shape index (κ2) is 49.6. The monoisotopic (exact) mass is 1810 g/mol. The van der Waals surface area contributed by atoms with E-state index in [1.54, 1.807) is 22.3 Å². The van der Waals surface area contributed by atoms with Gasteiger partial charge in [0.1, 0.15) is 0 Å². The maximum absolute atomic E-state index is 2.69. The highest BCUT2D eigenvalue weighted by atomic mass is 15.1. The molecule has 0 saturated carbocycles. The molecule has 0 bridgehead atoms. The number of rotatable bonds is 54. The van der Waals surface area contributed by atoms with Crippen molar-refractivity contribution in [2.75, 3.05) is 9.80 Å². The second-order valence-electron chi connectivity index (χ2n) is 42.1. The molecule has 716 valence electrons. The van der Waals surface area contributed by atoms with E-state index in [1.165, 1.54) is 396 Å². The van der Waals surface area contributed by atoms with Gasteiger partial charge in [0, 0.05) is 78.2 Å². The van der Waals surface area contributed by atoms with Crippen molar-refractivity contribution in [2.24, 2.45) is 0 Å². The third kappa shape index (κ3) is 23.0. The molecule has 136 heavy (non-hydrogen) atoms. The lowest BCUT2D eigenvalue weighted by atomic mass is 9.69. The van der Waals surface area contributed by atoms with Crippen LogP contribution in [0, 0.1) is 13.8 Å². The van der Waals surface area contributed by atoms with E-state index >= 15 is 0 Å². The van der Waals surface area contributed by atoms with Gasteiger partial charge in [-0.25, -0.2) is 0 Å². The summed E-state index contributed by atoms with van der Waals surface area (Å²) in [5, 5.41) is 2.73. The summed E-state index contributed by atoms with van der Waals surface area (Å²) in [6.07, 6.45) is 56.6. The first-order valence-corrected chi connectivity index (χ1v) is 55.5. The summed E-state index contributed by atoms with van der Waals surface area (Å²) in [6, 6.07) is 104. The Morgan fingerprint density at radius 1 is 0.228 bits per heavy atom. The van der Waals surface area contributed by atoms with Crippen LogP contribution in [0.5, 0.6) is 0 Å². The van der Waals surface area contributed by atoms with Gasteiger partial charge in [-0.2, -0.15) is 0 Å². The lowest BCUT2D eigenvalue weighted by Crippen LogP contribution is -2.26. The Labute approximate surface area is 825 Å². The maximum Gasteiger partial charge on any atom is 0.0493 e. The van der Waals surface area contributed by atoms with Crippen LogP contribution in [0.2, 0.25) is 0 Å². The molecule has 0 spiro atoms. The number of aryl methyl sites for hydroxylation is 2. The predicted molar refractivity (Wildman–Crippen MR) is 596 cm³/mol. The van der Waals surface area contributed by atoms with E-state index in [-0.39, 0.29) is 16.2 Å². The molecule has 3 nitrogen and oxygen atoms in total. The molecular formula is C133H169N3. The molecular weight excluding hydrogens is 1640 g/mol. The van der Waals surface area contributed by atoms with Crippen molar-refractivity contribution in [3.8, 4) is 55.6 Å². The Bertz CT molecular complexity index is 5790. The molecule has 2 atom stereocenters. The van der Waals surface area contributed by atoms with E-state index in [1.807, 2.05) is 0 Å². The normalized spacial score (nSPS) is 13.8. The van der Waals surface area contributed by atoms with Gasteiger partial charge >= 0.3 is 0 Å². The minimum absolute atomic E-state index is 0.00969. The zero-order valence-electron chi connectivity index (χ0n) is 86.4. The van der Waals surface area contributed by atoms with E-state index in [0.717, 1.165) is 25.7 Å². The minimum Gasteiger partial charge on any atom is -0.338 e. The third-order valence-corrected chi connectivity index (χ3v) is 32.6. The molecule has 16 rings (SSSR count). The summed E-state index contributed by atoms with van der Waals surface area (Å²) in [4.78, 5) is 5.17. The third-order valence-electron chi connectivity index (χ3n) is 32.6. The van der Waals surface area contributed by atoms with E-state index in [0.29, 0.717) is 12.0 Å². The molecule has 3 aliphatic rings. The first kappa shape index (κ1) is 100. The quantitative estimate of drug-likeness (QED) is 0.0352. The topological polar surface area (TPSA) is 11.4 Å². The molecule has 3 aliphatic carbocycles. The fraction of sp³-hybridized carbons (Fsp3) is 0.459. The molecule has 3 heteroatoms. The summed E-state index contributed by atoms with van der Waals surface area (Å²) in [5.74, 6) is 0.540. The SMILES string of the molecule is CCC(C)n1c2ccccc2c2ccccc21.CCCCCCCCC1(CCCCCCCC)c2ccccc2-c2ccc(-c3ccc(N(c4ccc(C)cc4)c4ccc5c(c4)C(CCCCCCCC)(CCCCCCCC)c4cc(N(c6ccc(C)cc6)c6ccc(-c7ccc8c(c7)C(CCCCCCCC)(CCCCCCCC)c7cc(C(C)CC)ccc7-8)cc6)ccc4-5)cc3)cc21. The highest BCUT2D eigenvalue weighted by molar-refractivity contribution is 6.08. The van der Waals surface area contributed by atoms with Gasteiger partial charge in [-0.1, -0.05) is 468 Å². The van der Waals surface area contributed by atoms with E-state index in [2.05, 4.69) is 358 Å². The van der Waals surface area contributed by atoms with Crippen LogP contribution in [-0.2, 0) is 16.2 Å². The van der Waals surface area contributed by atoms with Crippen LogP contribution >= 0.6 is 0 Å². The first-order chi connectivity index (χ1) is 66.8. The Hall–Kier alpha value is -9.96. The van der Waals surface area contributed by atoms with Crippen molar-refractivity contribution in [2.45, 2.75) is 394 Å². The van der Waals surface area contributed by atoms with Gasteiger partial charge in [0.25, 0.3) is 0 Å². The summed E-state index contributed by atoms with van der Waals surface area (Å²) < 4.78 is 2.46. The van der Waals surface area contributed by atoms with E-state index in [4.69, 9.17) is 0 Å². The van der Waals surface area contributed by atoms with Crippen molar-refractivity contribution in [3.05, 3.63) is 311 Å². The van der Waals surface area contributed by atoms with Crippen LogP contribution in [0.25, 0.3) is 77.4 Å². The number of nitrogens with zero attached hydrogens (tertiary/aromatic N) is 3. The molecule has 0 radical (unpaired) electrons. The Morgan fingerprint density at radius 3 is 0.838 bits per heavy atom. The number of fused-ring (bicyclic) bond motifs is 12. The number of unbranched alkanes of at least 4 members (excludes halogenated alkanes) is 30. The lowest BCUT2D eigenvalue weighted by molar-refractivity contribution is 0.397. The number of benzene rings is 12. The van der Waals surface area contributed by atoms with Crippen molar-refractivity contribution < 1.29 is 0 Å². The summed E-state index contributed by atoms with van der Waals surface area (Å²) >= 11 is 0. The average Bonchev–Trinajstić information content (AvgIpc) is 1.57. The summed E-state index contributed by atoms with van der Waals surface area (Å²) in [7, 11) is 0. The predicted octanol–water partition coefficient (Wildman–Crippen LogP) is 42.2. The smallest absolute Gasteiger partial charge is 0.0493 e. The highest BCUT2D eigenvalue weighted by Gasteiger charge is 2.47. The van der Waals surface area contributed by atoms with Crippen molar-refractivity contribution in [3.63, 3.8) is 0 Å². The minimum atomic E-state index is -0.188. The molecule has 12 aromatic carbocycles. The van der Waals surface area contributed by atoms with Crippen LogP contribution in [0.4, 0.5) is 34.1 Å². The Kier molecular flexibility index (Phi) is 36.6. The molecule has 2 unspecified atom stereocenters. The number of para-hydroxylation sites is 2. The van der Waals surface area contributed by atoms with Crippen LogP contribution in [0.3, 0.4) is 0 Å². The van der Waals surface area contributed by atoms with Crippen LogP contribution in [-0.4, -0.2) is 4.57 Å². The Morgan fingerprint density at radius 2 is 0.493 bits per heavy atom. The molecule has 1 aromatic heterocycles. The fourth-order valence-electron chi connectivity index (χ4n) is 24.4. The van der Waals surface area contributed by atoms with E-state index < -0.39 is 0 Å². The average molecular weight is 1810 g/mol. The number of hydrogen-bond donors (Lipinski definition) is 0. The van der Waals surface area contributed by atoms with Gasteiger partial charge in [0.2, 0.25) is 0 Å². The zero-order chi connectivity index (χ0) is 94.6. The number of hydrogen-bond acceptors (Lipinski definition) is 2. The van der Waals surface area contributed by atoms with Gasteiger partial charge in [-0.15, -0.1) is 0 Å². The van der Waals surface area contributed by atoms with Crippen LogP contribution in [0.1, 0.15) is 414 Å². The van der Waals surface area contributed by atoms with Crippen molar-refractivity contribution in [1.82, 2.24) is 4.57 Å². The van der Waals surface area contributed by atoms with E-state index in [9.17, 15) is 0 Å². The van der Waals surface area contributed by atoms with Gasteiger partial charge in [0.05, 0.1) is 0 Å². The van der Waals surface area contributed by atoms with Gasteiger partial charge in [-0.3, -0.25) is 0 Å². The molecule has 0 N–H and O–H groups in total. The lowest BCUT2D eigenvalue weighted by Gasteiger charge is -2.35. The molecule has 13 aromatic rings. The molecule has 1 heterocycles. The van der Waals surface area contributed by atoms with Crippen molar-refractivity contribution >= 4 is 55.9 Å². The second-order valence-corrected chi connectivity index (χ2v) is 42.1. The standard InChI is InChI=1S/C117H152N2.C16H17N/c1-11-18-24-30-36-44-78-115(79-45-37-31-25-19-12-2)109-51-43-42-50-103(109)104-74-61-95(85-111(104)115)92-56-67-99(68-57-92)118(97-63-52-89(8)53-64-97)101-71-76-107-108-77-72-102(88-114(108)117(113(107)87-101,82-48-40-34-28-22-15-5)83-49-41-35-29-23-16-6)119(98-65-54-90(9)55-66-98)100-69-58-93(59-70-100)96-62-75-106-105-73-60-94(91(10)17-7)84-110(105)116(112(106)86-96,80-46-38-32-26-20-13-3)81-47-39-33-27-21-14-4;1-3-12(2)17-15-10-6-4-8-13(15)14-9-5-7-11-16(14)17/h42-43,50-77,84-88,91H,11-41,44-49,78-83H2,1-10H3;4-12H,3H2,1-2H3. The largest absolute Gasteiger partial charge is 0.338 e. The van der Waals surface area contributed by atoms with Crippen molar-refractivity contribution in [1.29, 1.82) is 0 Å². The molecule has 0 aliphatic heterocycles. The van der Waals surface area contributed by atoms with Crippen LogP contribution in [0.15, 0.2) is 261 Å². The summed E-state index contributed by atoms with van der Waals surface area (Å²) in [6.45, 7) is 27.9. The number of anilines is 6. The van der Waals surface area contributed by atoms with Gasteiger partial charge in [0.15, 0.2) is 0 Å². The number of aromatic nitrogens is 1. The molecule has 0 fully saturated rings. The molecule has 0 saturated heterocycles. The maximum atomic E-state index is 2.69. The fourth-order valence-corrected chi connectivity index (χ4v) is 24.4. The summed E-state index contributed by atoms with van der Waals surface area (Å²) in [5.41, 5.74) is 37.2. The van der Waals surface area contributed by atoms with Crippen LogP contribution < -0.4 is 9.80 Å². The first-order valence-electron chi connectivity index (χ1n) is 55.5. The van der Waals surface area contributed by atoms with Gasteiger partial charge < -0.3 is 14.4 Å². The zero-order valence-corrected chi connectivity index (χ0v) is 86.4. The van der Waals surface area contributed by atoms with Gasteiger partial charge in [-0.05, 0) is 270 Å². The highest BCUT2D eigenvalue weighted by Crippen LogP contribution is 2.61. The Balaban J connectivity index is 0.000000737.